The van der Waals surface area contributed by atoms with Crippen LogP contribution in [0.4, 0.5) is 4.39 Å². The van der Waals surface area contributed by atoms with E-state index in [1.807, 2.05) is 11.0 Å². The second kappa shape index (κ2) is 5.00. The van der Waals surface area contributed by atoms with Gasteiger partial charge in [-0.25, -0.2) is 9.18 Å². The van der Waals surface area contributed by atoms with Gasteiger partial charge in [-0.15, -0.1) is 0 Å². The third kappa shape index (κ3) is 2.75. The summed E-state index contributed by atoms with van der Waals surface area (Å²) in [6.07, 6.45) is 8.57. The number of carbonyl (C=O) groups is 1. The van der Waals surface area contributed by atoms with Crippen LogP contribution in [0.3, 0.4) is 0 Å². The zero-order valence-corrected chi connectivity index (χ0v) is 10.1. The van der Waals surface area contributed by atoms with E-state index in [4.69, 9.17) is 0 Å². The number of esters is 1. The summed E-state index contributed by atoms with van der Waals surface area (Å²) >= 11 is 0. The summed E-state index contributed by atoms with van der Waals surface area (Å²) in [4.78, 5) is 13.3. The van der Waals surface area contributed by atoms with Gasteiger partial charge in [0.25, 0.3) is 0 Å². The molecule has 1 aliphatic carbocycles. The zero-order valence-electron chi connectivity index (χ0n) is 10.1. The number of allylic oxidation sites excluding steroid dienone is 3. The highest BCUT2D eigenvalue weighted by Gasteiger charge is 2.46. The summed E-state index contributed by atoms with van der Waals surface area (Å²) in [5, 5.41) is 0. The zero-order chi connectivity index (χ0) is 12.3. The summed E-state index contributed by atoms with van der Waals surface area (Å²) in [7, 11) is 1.24. The molecule has 0 N–H and O–H groups in total. The molecule has 2 aliphatic rings. The van der Waals surface area contributed by atoms with E-state index in [2.05, 4.69) is 16.9 Å². The second-order valence-electron chi connectivity index (χ2n) is 4.71. The SMILES string of the molecule is COC(=O)C1(F)CCN(CC2=CC=CCC2)C1. The van der Waals surface area contributed by atoms with Crippen molar-refractivity contribution in [1.82, 2.24) is 4.90 Å². The van der Waals surface area contributed by atoms with Crippen molar-refractivity contribution in [2.75, 3.05) is 26.7 Å². The Kier molecular flexibility index (Phi) is 3.62. The first-order valence-corrected chi connectivity index (χ1v) is 5.98. The summed E-state index contributed by atoms with van der Waals surface area (Å²) < 4.78 is 18.7. The highest BCUT2D eigenvalue weighted by atomic mass is 19.1. The molecule has 94 valence electrons. The van der Waals surface area contributed by atoms with E-state index < -0.39 is 11.6 Å². The number of likely N-dealkylation sites (tertiary alicyclic amines) is 1. The lowest BCUT2D eigenvalue weighted by Crippen LogP contribution is -2.38. The molecule has 17 heavy (non-hydrogen) atoms. The molecule has 1 heterocycles. The largest absolute Gasteiger partial charge is 0.467 e. The van der Waals surface area contributed by atoms with Crippen LogP contribution < -0.4 is 0 Å². The number of methoxy groups -OCH3 is 1. The molecule has 0 radical (unpaired) electrons. The number of carbonyl (C=O) groups excluding carboxylic acids is 1. The molecule has 1 fully saturated rings. The van der Waals surface area contributed by atoms with Gasteiger partial charge < -0.3 is 4.74 Å². The smallest absolute Gasteiger partial charge is 0.345 e. The lowest BCUT2D eigenvalue weighted by atomic mass is 10.0. The summed E-state index contributed by atoms with van der Waals surface area (Å²) in [6, 6.07) is 0. The van der Waals surface area contributed by atoms with Crippen molar-refractivity contribution in [2.24, 2.45) is 0 Å². The van der Waals surface area contributed by atoms with Gasteiger partial charge in [0.1, 0.15) is 0 Å². The van der Waals surface area contributed by atoms with Crippen molar-refractivity contribution in [1.29, 1.82) is 0 Å². The van der Waals surface area contributed by atoms with E-state index in [0.717, 1.165) is 19.4 Å². The predicted octanol–water partition coefficient (Wildman–Crippen LogP) is 1.85. The number of hydrogen-bond donors (Lipinski definition) is 0. The maximum atomic E-state index is 14.2. The maximum absolute atomic E-state index is 14.2. The Morgan fingerprint density at radius 2 is 2.47 bits per heavy atom. The first kappa shape index (κ1) is 12.3. The fraction of sp³-hybridized carbons (Fsp3) is 0.615. The van der Waals surface area contributed by atoms with E-state index in [1.165, 1.54) is 12.7 Å². The molecule has 1 aliphatic heterocycles. The van der Waals surface area contributed by atoms with Gasteiger partial charge in [-0.2, -0.15) is 0 Å². The van der Waals surface area contributed by atoms with Crippen molar-refractivity contribution in [3.8, 4) is 0 Å². The molecule has 0 bridgehead atoms. The summed E-state index contributed by atoms with van der Waals surface area (Å²) in [5.74, 6) is -0.738. The Hall–Kier alpha value is -1.16. The van der Waals surface area contributed by atoms with Crippen LogP contribution in [0.2, 0.25) is 0 Å². The molecule has 0 aromatic carbocycles. The van der Waals surface area contributed by atoms with E-state index >= 15 is 0 Å². The predicted molar refractivity (Wildman–Crippen MR) is 63.4 cm³/mol. The molecular formula is C13H18FNO2. The van der Waals surface area contributed by atoms with Crippen molar-refractivity contribution >= 4 is 5.97 Å². The average molecular weight is 239 g/mol. The number of ether oxygens (including phenoxy) is 1. The molecule has 1 unspecified atom stereocenters. The van der Waals surface area contributed by atoms with Gasteiger partial charge in [0, 0.05) is 26.1 Å². The van der Waals surface area contributed by atoms with Crippen LogP contribution in [0.15, 0.2) is 23.8 Å². The van der Waals surface area contributed by atoms with Crippen LogP contribution in [0.25, 0.3) is 0 Å². The molecule has 0 aromatic rings. The minimum absolute atomic E-state index is 0.153. The first-order valence-electron chi connectivity index (χ1n) is 5.98. The third-order valence-corrected chi connectivity index (χ3v) is 3.38. The highest BCUT2D eigenvalue weighted by molar-refractivity contribution is 5.80. The molecule has 4 heteroatoms. The maximum Gasteiger partial charge on any atom is 0.345 e. The Morgan fingerprint density at radius 1 is 1.65 bits per heavy atom. The van der Waals surface area contributed by atoms with Gasteiger partial charge in [-0.05, 0) is 12.8 Å². The van der Waals surface area contributed by atoms with Crippen molar-refractivity contribution in [3.05, 3.63) is 23.8 Å². The van der Waals surface area contributed by atoms with Crippen LogP contribution in [-0.2, 0) is 9.53 Å². The lowest BCUT2D eigenvalue weighted by Gasteiger charge is -2.20. The minimum Gasteiger partial charge on any atom is -0.467 e. The van der Waals surface area contributed by atoms with Crippen LogP contribution >= 0.6 is 0 Å². The highest BCUT2D eigenvalue weighted by Crippen LogP contribution is 2.28. The van der Waals surface area contributed by atoms with Gasteiger partial charge in [0.15, 0.2) is 0 Å². The van der Waals surface area contributed by atoms with Gasteiger partial charge in [-0.3, -0.25) is 4.90 Å². The fourth-order valence-corrected chi connectivity index (χ4v) is 2.40. The number of hydrogen-bond acceptors (Lipinski definition) is 3. The fourth-order valence-electron chi connectivity index (χ4n) is 2.40. The topological polar surface area (TPSA) is 29.5 Å². The minimum atomic E-state index is -1.81. The van der Waals surface area contributed by atoms with Crippen molar-refractivity contribution in [2.45, 2.75) is 24.9 Å². The third-order valence-electron chi connectivity index (χ3n) is 3.38. The molecule has 1 atom stereocenters. The molecule has 0 amide bonds. The first-order chi connectivity index (χ1) is 8.14. The summed E-state index contributed by atoms with van der Waals surface area (Å²) in [5.41, 5.74) is -0.499. The van der Waals surface area contributed by atoms with E-state index in [0.29, 0.717) is 6.54 Å². The van der Waals surface area contributed by atoms with E-state index in [-0.39, 0.29) is 13.0 Å². The molecular weight excluding hydrogens is 221 g/mol. The lowest BCUT2D eigenvalue weighted by molar-refractivity contribution is -0.153. The molecule has 0 spiro atoms. The Balaban J connectivity index is 1.91. The normalized spacial score (nSPS) is 29.2. The van der Waals surface area contributed by atoms with Crippen molar-refractivity contribution in [3.63, 3.8) is 0 Å². The Bertz CT molecular complexity index is 364. The van der Waals surface area contributed by atoms with E-state index in [9.17, 15) is 9.18 Å². The molecule has 1 saturated heterocycles. The van der Waals surface area contributed by atoms with Crippen LogP contribution in [0.5, 0.6) is 0 Å². The number of alkyl halides is 1. The quantitative estimate of drug-likeness (QED) is 0.704. The molecule has 3 nitrogen and oxygen atoms in total. The second-order valence-corrected chi connectivity index (χ2v) is 4.71. The van der Waals surface area contributed by atoms with Crippen molar-refractivity contribution < 1.29 is 13.9 Å². The standard InChI is InChI=1S/C13H18FNO2/c1-17-12(16)13(14)7-8-15(10-13)9-11-5-3-2-4-6-11/h2-3,5H,4,6-10H2,1H3. The van der Waals surface area contributed by atoms with Gasteiger partial charge >= 0.3 is 5.97 Å². The number of nitrogens with zero attached hydrogens (tertiary/aromatic N) is 1. The van der Waals surface area contributed by atoms with Gasteiger partial charge in [-0.1, -0.05) is 23.8 Å². The Morgan fingerprint density at radius 3 is 3.12 bits per heavy atom. The average Bonchev–Trinajstić information content (AvgIpc) is 2.72. The van der Waals surface area contributed by atoms with Crippen LogP contribution in [0.1, 0.15) is 19.3 Å². The summed E-state index contributed by atoms with van der Waals surface area (Å²) in [6.45, 7) is 1.53. The molecule has 2 rings (SSSR count). The molecule has 0 aromatic heterocycles. The number of halogens is 1. The van der Waals surface area contributed by atoms with Crippen LogP contribution in [0, 0.1) is 0 Å². The van der Waals surface area contributed by atoms with Gasteiger partial charge in [0.2, 0.25) is 5.67 Å². The van der Waals surface area contributed by atoms with Crippen LogP contribution in [-0.4, -0.2) is 43.3 Å². The monoisotopic (exact) mass is 239 g/mol. The molecule has 0 saturated carbocycles. The Labute approximate surface area is 101 Å². The number of rotatable bonds is 3. The van der Waals surface area contributed by atoms with Gasteiger partial charge in [0.05, 0.1) is 7.11 Å². The van der Waals surface area contributed by atoms with E-state index in [1.54, 1.807) is 0 Å².